The number of hydrogen-bond acceptors (Lipinski definition) is 7. The number of nitrogens with zero attached hydrogens (tertiary/aromatic N) is 9. The Hall–Kier alpha value is -3.75. The van der Waals surface area contributed by atoms with Crippen LogP contribution in [0.5, 0.6) is 0 Å². The maximum atomic E-state index is 9.87. The predicted molar refractivity (Wildman–Crippen MR) is 111 cm³/mol. The normalized spacial score (nSPS) is 13.0. The van der Waals surface area contributed by atoms with Crippen LogP contribution in [0.2, 0.25) is 0 Å². The standard InChI is InChI=1S/C11H16N5O.C5H4N4O.F6P/c1-14(2)11(15(3)4)17-16-10-8-6-5-7-9(10)12-13-16;10-9-5-4(7-8-9)2-1-3-6-5;1-7(2,3,4,5)6/h5-8H,1-4H3;1-3,10H;/q+1;;-1. The fraction of sp³-hybridized carbons (Fsp3) is 0.250. The molecule has 0 spiro atoms. The zero-order chi connectivity index (χ0) is 25.8. The van der Waals surface area contributed by atoms with E-state index in [1.54, 1.807) is 18.3 Å². The Balaban J connectivity index is 0.000000203. The molecule has 4 rings (SSSR count). The number of para-hydroxylation sites is 1. The molecule has 3 aromatic heterocycles. The second kappa shape index (κ2) is 8.89. The maximum Gasteiger partial charge on any atom is 0.219 e. The van der Waals surface area contributed by atoms with Gasteiger partial charge < -0.3 is 5.21 Å². The molecule has 0 saturated carbocycles. The van der Waals surface area contributed by atoms with Crippen molar-refractivity contribution in [2.24, 2.45) is 0 Å². The molecule has 0 saturated heterocycles. The smallest absolute Gasteiger partial charge is 0.219 e. The number of pyridine rings is 1. The maximum absolute atomic E-state index is 10.7. The monoisotopic (exact) mass is 515 g/mol. The summed E-state index contributed by atoms with van der Waals surface area (Å²) in [6.45, 7) is 0. The first-order chi connectivity index (χ1) is 15.4. The first-order valence-corrected chi connectivity index (χ1v) is 11.1. The summed E-state index contributed by atoms with van der Waals surface area (Å²) < 4.78 is 61.1. The Morgan fingerprint density at radius 3 is 2.06 bits per heavy atom. The zero-order valence-corrected chi connectivity index (χ0v) is 19.0. The summed E-state index contributed by atoms with van der Waals surface area (Å²) in [5.41, 5.74) is 2.62. The molecule has 0 unspecified atom stereocenters. The van der Waals surface area contributed by atoms with E-state index in [1.165, 1.54) is 4.85 Å². The van der Waals surface area contributed by atoms with Crippen LogP contribution >= 0.6 is 7.81 Å². The number of aromatic nitrogens is 7. The van der Waals surface area contributed by atoms with E-state index in [0.717, 1.165) is 11.0 Å². The molecule has 34 heavy (non-hydrogen) atoms. The number of rotatable bonds is 1. The molecular formula is C16H20F6N9O2P. The van der Waals surface area contributed by atoms with Crippen molar-refractivity contribution < 1.29 is 39.8 Å². The average molecular weight is 515 g/mol. The van der Waals surface area contributed by atoms with Gasteiger partial charge in [-0.1, -0.05) is 21.8 Å². The minimum absolute atomic E-state index is 0.377. The van der Waals surface area contributed by atoms with Crippen LogP contribution in [0.25, 0.3) is 22.2 Å². The molecule has 188 valence electrons. The van der Waals surface area contributed by atoms with Gasteiger partial charge >= 0.3 is 39.0 Å². The number of hydrogen-bond donors (Lipinski definition) is 1. The van der Waals surface area contributed by atoms with E-state index in [9.17, 15) is 25.2 Å². The van der Waals surface area contributed by atoms with Crippen LogP contribution in [0, 0.1) is 0 Å². The summed E-state index contributed by atoms with van der Waals surface area (Å²) in [5.74, 6) is 0. The minimum Gasteiger partial charge on any atom is -0.409 e. The van der Waals surface area contributed by atoms with Gasteiger partial charge in [0.1, 0.15) is 16.6 Å². The van der Waals surface area contributed by atoms with E-state index in [-0.39, 0.29) is 0 Å². The number of amidine groups is 1. The van der Waals surface area contributed by atoms with E-state index in [0.29, 0.717) is 22.0 Å². The molecule has 0 atom stereocenters. The molecule has 3 heterocycles. The summed E-state index contributed by atoms with van der Waals surface area (Å²) in [5, 5.41) is 23.9. The zero-order valence-electron chi connectivity index (χ0n) is 18.1. The predicted octanol–water partition coefficient (Wildman–Crippen LogP) is 3.50. The van der Waals surface area contributed by atoms with Gasteiger partial charge in [0.15, 0.2) is 0 Å². The Morgan fingerprint density at radius 1 is 0.941 bits per heavy atom. The fourth-order valence-corrected chi connectivity index (χ4v) is 2.31. The molecule has 11 nitrogen and oxygen atoms in total. The van der Waals surface area contributed by atoms with Crippen LogP contribution < -0.4 is 4.84 Å². The van der Waals surface area contributed by atoms with Crippen LogP contribution in [0.4, 0.5) is 25.2 Å². The van der Waals surface area contributed by atoms with Gasteiger partial charge in [-0.15, -0.1) is 10.2 Å². The van der Waals surface area contributed by atoms with Crippen molar-refractivity contribution in [2.45, 2.75) is 0 Å². The molecular weight excluding hydrogens is 495 g/mol. The molecule has 4 aromatic rings. The summed E-state index contributed by atoms with van der Waals surface area (Å²) in [7, 11) is -3.01. The first kappa shape index (κ1) is 26.5. The van der Waals surface area contributed by atoms with Crippen molar-refractivity contribution in [3.05, 3.63) is 42.6 Å². The van der Waals surface area contributed by atoms with Crippen LogP contribution in [-0.4, -0.2) is 84.2 Å². The van der Waals surface area contributed by atoms with Crippen molar-refractivity contribution in [1.29, 1.82) is 0 Å². The number of halogens is 6. The second-order valence-electron chi connectivity index (χ2n) is 6.90. The minimum atomic E-state index is -10.7. The Labute approximate surface area is 187 Å². The Morgan fingerprint density at radius 2 is 1.50 bits per heavy atom. The molecule has 0 amide bonds. The average Bonchev–Trinajstić information content (AvgIpc) is 3.28. The van der Waals surface area contributed by atoms with Crippen LogP contribution in [0.3, 0.4) is 0 Å². The van der Waals surface area contributed by atoms with Gasteiger partial charge in [0.05, 0.1) is 28.2 Å². The van der Waals surface area contributed by atoms with Crippen molar-refractivity contribution in [3.8, 4) is 0 Å². The Kier molecular flexibility index (Phi) is 6.93. The summed E-state index contributed by atoms with van der Waals surface area (Å²) in [6.07, 6.45) is 1.57. The van der Waals surface area contributed by atoms with Crippen LogP contribution in [0.15, 0.2) is 42.6 Å². The third-order valence-corrected chi connectivity index (χ3v) is 3.45. The van der Waals surface area contributed by atoms with E-state index in [4.69, 9.17) is 10.0 Å². The van der Waals surface area contributed by atoms with E-state index in [2.05, 4.69) is 25.6 Å². The first-order valence-electron chi connectivity index (χ1n) is 9.05. The van der Waals surface area contributed by atoms with Gasteiger partial charge in [0, 0.05) is 6.20 Å². The molecule has 1 aromatic carbocycles. The van der Waals surface area contributed by atoms with Crippen molar-refractivity contribution in [1.82, 2.24) is 40.2 Å². The van der Waals surface area contributed by atoms with Gasteiger partial charge in [0.2, 0.25) is 5.65 Å². The molecule has 0 bridgehead atoms. The summed E-state index contributed by atoms with van der Waals surface area (Å²) in [4.78, 5) is 13.5. The van der Waals surface area contributed by atoms with Gasteiger partial charge in [0.25, 0.3) is 0 Å². The molecule has 0 radical (unpaired) electrons. The molecule has 1 N–H and O–H groups in total. The molecule has 0 aliphatic rings. The quantitative estimate of drug-likeness (QED) is 0.103. The number of fused-ring (bicyclic) bond motifs is 2. The molecule has 0 aliphatic heterocycles. The van der Waals surface area contributed by atoms with Gasteiger partial charge in [-0.2, -0.15) is 0 Å². The van der Waals surface area contributed by atoms with Gasteiger partial charge in [-0.25, -0.2) is 14.5 Å². The van der Waals surface area contributed by atoms with Gasteiger partial charge in [-0.3, -0.25) is 4.84 Å². The topological polar surface area (TPSA) is 110 Å². The van der Waals surface area contributed by atoms with Crippen LogP contribution in [-0.2, 0) is 0 Å². The van der Waals surface area contributed by atoms with Crippen molar-refractivity contribution in [2.75, 3.05) is 28.2 Å². The summed E-state index contributed by atoms with van der Waals surface area (Å²) >= 11 is 0. The SMILES string of the molecule is CN(C)C(On1nnc2ccccc21)=[N+](C)C.F[P-](F)(F)(F)(F)F.On1nnc2cccnc21. The molecule has 0 aliphatic carbocycles. The third-order valence-electron chi connectivity index (χ3n) is 3.45. The van der Waals surface area contributed by atoms with E-state index < -0.39 is 7.81 Å². The molecule has 0 fully saturated rings. The van der Waals surface area contributed by atoms with Gasteiger partial charge in [-0.05, 0) is 34.7 Å². The number of benzene rings is 1. The fourth-order valence-electron chi connectivity index (χ4n) is 2.31. The Bertz CT molecular complexity index is 1290. The third kappa shape index (κ3) is 9.01. The summed E-state index contributed by atoms with van der Waals surface area (Å²) in [6, 6.07) is 11.8. The van der Waals surface area contributed by atoms with E-state index >= 15 is 0 Å². The van der Waals surface area contributed by atoms with E-state index in [1.807, 2.05) is 61.9 Å². The largest absolute Gasteiger partial charge is 0.409 e. The van der Waals surface area contributed by atoms with Crippen LogP contribution in [0.1, 0.15) is 0 Å². The van der Waals surface area contributed by atoms with Crippen molar-refractivity contribution >= 4 is 36.0 Å². The molecule has 18 heteroatoms. The van der Waals surface area contributed by atoms with Crippen molar-refractivity contribution in [3.63, 3.8) is 0 Å². The second-order valence-corrected chi connectivity index (χ2v) is 8.81.